The first-order valence-corrected chi connectivity index (χ1v) is 4.74. The van der Waals surface area contributed by atoms with Crippen LogP contribution in [-0.4, -0.2) is 30.5 Å². The summed E-state index contributed by atoms with van der Waals surface area (Å²) in [6.07, 6.45) is 1.64. The summed E-state index contributed by atoms with van der Waals surface area (Å²) >= 11 is 5.86. The van der Waals surface area contributed by atoms with Crippen LogP contribution in [-0.2, 0) is 0 Å². The molecule has 1 aliphatic rings. The number of pyridine rings is 1. The van der Waals surface area contributed by atoms with Gasteiger partial charge in [0, 0.05) is 12.7 Å². The topological polar surface area (TPSA) is 46.5 Å². The molecule has 4 nitrogen and oxygen atoms in total. The Bertz CT molecular complexity index is 354. The van der Waals surface area contributed by atoms with E-state index < -0.39 is 0 Å². The van der Waals surface area contributed by atoms with Gasteiger partial charge in [0.2, 0.25) is 5.88 Å². The lowest BCUT2D eigenvalue weighted by Crippen LogP contribution is -2.25. The number of hydrogen-bond acceptors (Lipinski definition) is 4. The third-order valence-corrected chi connectivity index (χ3v) is 2.10. The second-order valence-corrected chi connectivity index (χ2v) is 3.24. The summed E-state index contributed by atoms with van der Waals surface area (Å²) in [6, 6.07) is 3.51. The van der Waals surface area contributed by atoms with E-state index in [0.29, 0.717) is 17.5 Å². The van der Waals surface area contributed by atoms with Gasteiger partial charge in [-0.3, -0.25) is 4.99 Å². The highest BCUT2D eigenvalue weighted by molar-refractivity contribution is 6.31. The van der Waals surface area contributed by atoms with Gasteiger partial charge >= 0.3 is 0 Å². The molecule has 2 rings (SSSR count). The fourth-order valence-corrected chi connectivity index (χ4v) is 1.33. The monoisotopic (exact) mass is 211 g/mol. The van der Waals surface area contributed by atoms with Crippen LogP contribution in [0.4, 0.5) is 0 Å². The number of hydrogen-bond donors (Lipinski definition) is 1. The third-order valence-electron chi connectivity index (χ3n) is 1.81. The number of nitrogens with one attached hydrogen (secondary N) is 1. The minimum absolute atomic E-state index is 0.400. The zero-order valence-corrected chi connectivity index (χ0v) is 8.29. The number of nitrogens with zero attached hydrogens (tertiary/aromatic N) is 2. The van der Waals surface area contributed by atoms with Gasteiger partial charge in [0.05, 0.1) is 6.54 Å². The molecule has 0 bridgehead atoms. The maximum Gasteiger partial charge on any atom is 0.232 e. The molecule has 0 saturated carbocycles. The molecule has 74 valence electrons. The van der Waals surface area contributed by atoms with Gasteiger partial charge in [0.1, 0.15) is 17.5 Å². The van der Waals surface area contributed by atoms with Crippen molar-refractivity contribution in [3.05, 3.63) is 23.4 Å². The summed E-state index contributed by atoms with van der Waals surface area (Å²) in [4.78, 5) is 8.19. The third kappa shape index (κ3) is 2.14. The molecule has 0 saturated heterocycles. The highest BCUT2D eigenvalue weighted by Gasteiger charge is 2.07. The van der Waals surface area contributed by atoms with Crippen molar-refractivity contribution >= 4 is 17.4 Å². The Hall–Kier alpha value is -1.29. The van der Waals surface area contributed by atoms with Crippen molar-refractivity contribution in [2.45, 2.75) is 0 Å². The molecule has 0 atom stereocenters. The molecule has 0 fully saturated rings. The van der Waals surface area contributed by atoms with Gasteiger partial charge in [-0.05, 0) is 12.1 Å². The van der Waals surface area contributed by atoms with Crippen molar-refractivity contribution in [1.82, 2.24) is 10.3 Å². The molecule has 0 spiro atoms. The lowest BCUT2D eigenvalue weighted by Gasteiger charge is -2.06. The molecule has 1 aromatic rings. The van der Waals surface area contributed by atoms with Crippen LogP contribution in [0.25, 0.3) is 0 Å². The number of aliphatic imine (C=N–C) groups is 1. The summed E-state index contributed by atoms with van der Waals surface area (Å²) in [6.45, 7) is 2.10. The Morgan fingerprint density at radius 1 is 1.57 bits per heavy atom. The zero-order valence-electron chi connectivity index (χ0n) is 7.53. The summed E-state index contributed by atoms with van der Waals surface area (Å²) in [5, 5.41) is 3.62. The van der Waals surface area contributed by atoms with Gasteiger partial charge in [-0.25, -0.2) is 4.98 Å². The molecule has 5 heteroatoms. The fourth-order valence-electron chi connectivity index (χ4n) is 1.16. The van der Waals surface area contributed by atoms with Crippen molar-refractivity contribution < 1.29 is 4.74 Å². The number of ether oxygens (including phenoxy) is 1. The van der Waals surface area contributed by atoms with E-state index in [4.69, 9.17) is 16.3 Å². The van der Waals surface area contributed by atoms with Crippen LogP contribution < -0.4 is 10.1 Å². The minimum atomic E-state index is 0.400. The second kappa shape index (κ2) is 4.28. The standard InChI is InChI=1S/C9H10ClN3O/c10-7-2-1-3-13-9(7)14-6-8-11-4-5-12-8/h1-3H,4-6H2,(H,11,12). The SMILES string of the molecule is Clc1cccnc1OCC1=NCCN1. The highest BCUT2D eigenvalue weighted by Crippen LogP contribution is 2.19. The number of rotatable bonds is 3. The van der Waals surface area contributed by atoms with Crippen LogP contribution in [0.1, 0.15) is 0 Å². The quantitative estimate of drug-likeness (QED) is 0.815. The van der Waals surface area contributed by atoms with Gasteiger partial charge in [-0.2, -0.15) is 0 Å². The molecule has 14 heavy (non-hydrogen) atoms. The van der Waals surface area contributed by atoms with Crippen molar-refractivity contribution in [3.63, 3.8) is 0 Å². The normalized spacial score (nSPS) is 14.8. The van der Waals surface area contributed by atoms with Crippen LogP contribution in [0.2, 0.25) is 5.02 Å². The predicted molar refractivity (Wildman–Crippen MR) is 55.0 cm³/mol. The molecule has 0 amide bonds. The van der Waals surface area contributed by atoms with Gasteiger partial charge in [0.15, 0.2) is 0 Å². The Morgan fingerprint density at radius 2 is 2.50 bits per heavy atom. The zero-order chi connectivity index (χ0) is 9.80. The van der Waals surface area contributed by atoms with Gasteiger partial charge in [0.25, 0.3) is 0 Å². The Morgan fingerprint density at radius 3 is 3.21 bits per heavy atom. The van der Waals surface area contributed by atoms with Gasteiger partial charge in [-0.15, -0.1) is 0 Å². The molecule has 1 aromatic heterocycles. The number of amidine groups is 1. The lowest BCUT2D eigenvalue weighted by molar-refractivity contribution is 0.359. The van der Waals surface area contributed by atoms with E-state index in [9.17, 15) is 0 Å². The summed E-state index contributed by atoms with van der Waals surface area (Å²) in [7, 11) is 0. The molecule has 0 aliphatic carbocycles. The van der Waals surface area contributed by atoms with Crippen molar-refractivity contribution in [2.75, 3.05) is 19.7 Å². The molecule has 1 N–H and O–H groups in total. The number of aromatic nitrogens is 1. The van der Waals surface area contributed by atoms with E-state index in [0.717, 1.165) is 18.9 Å². The van der Waals surface area contributed by atoms with Gasteiger partial charge < -0.3 is 10.1 Å². The molecular weight excluding hydrogens is 202 g/mol. The number of halogens is 1. The maximum absolute atomic E-state index is 5.86. The summed E-state index contributed by atoms with van der Waals surface area (Å²) in [5.41, 5.74) is 0. The van der Waals surface area contributed by atoms with Crippen molar-refractivity contribution in [1.29, 1.82) is 0 Å². The average molecular weight is 212 g/mol. The molecule has 2 heterocycles. The Balaban J connectivity index is 1.94. The highest BCUT2D eigenvalue weighted by atomic mass is 35.5. The minimum Gasteiger partial charge on any atom is -0.468 e. The van der Waals surface area contributed by atoms with Crippen LogP contribution in [0.3, 0.4) is 0 Å². The van der Waals surface area contributed by atoms with Crippen LogP contribution in [0.5, 0.6) is 5.88 Å². The lowest BCUT2D eigenvalue weighted by atomic mass is 10.5. The Kier molecular flexibility index (Phi) is 2.84. The first-order valence-electron chi connectivity index (χ1n) is 4.37. The predicted octanol–water partition coefficient (Wildman–Crippen LogP) is 1.12. The van der Waals surface area contributed by atoms with E-state index in [2.05, 4.69) is 15.3 Å². The maximum atomic E-state index is 5.86. The Labute approximate surface area is 87.0 Å². The second-order valence-electron chi connectivity index (χ2n) is 2.83. The summed E-state index contributed by atoms with van der Waals surface area (Å²) in [5.74, 6) is 1.30. The van der Waals surface area contributed by atoms with Crippen LogP contribution in [0.15, 0.2) is 23.3 Å². The van der Waals surface area contributed by atoms with E-state index in [1.165, 1.54) is 0 Å². The molecule has 0 radical (unpaired) electrons. The van der Waals surface area contributed by atoms with Crippen molar-refractivity contribution in [3.8, 4) is 5.88 Å². The first kappa shape index (κ1) is 9.27. The molecule has 0 unspecified atom stereocenters. The largest absolute Gasteiger partial charge is 0.468 e. The molecule has 1 aliphatic heterocycles. The van der Waals surface area contributed by atoms with Crippen LogP contribution in [0, 0.1) is 0 Å². The van der Waals surface area contributed by atoms with E-state index >= 15 is 0 Å². The van der Waals surface area contributed by atoms with E-state index in [1.54, 1.807) is 18.3 Å². The van der Waals surface area contributed by atoms with Crippen LogP contribution >= 0.6 is 11.6 Å². The van der Waals surface area contributed by atoms with Gasteiger partial charge in [-0.1, -0.05) is 11.6 Å². The molecular formula is C9H10ClN3O. The summed E-state index contributed by atoms with van der Waals surface area (Å²) < 4.78 is 5.38. The van der Waals surface area contributed by atoms with Crippen molar-refractivity contribution in [2.24, 2.45) is 4.99 Å². The van der Waals surface area contributed by atoms with E-state index in [-0.39, 0.29) is 0 Å². The smallest absolute Gasteiger partial charge is 0.232 e. The average Bonchev–Trinajstić information content (AvgIpc) is 2.69. The fraction of sp³-hybridized carbons (Fsp3) is 0.333. The molecule has 0 aromatic carbocycles. The first-order chi connectivity index (χ1) is 6.86. The van der Waals surface area contributed by atoms with E-state index in [1.807, 2.05) is 0 Å².